The normalized spacial score (nSPS) is 21.1. The van der Waals surface area contributed by atoms with Gasteiger partial charge in [-0.2, -0.15) is 0 Å². The second-order valence-electron chi connectivity index (χ2n) is 19.2. The smallest absolute Gasteiger partial charge is 0.462 e. The number of unbranched alkanes of at least 4 members (excludes halogenated alkanes) is 34. The van der Waals surface area contributed by atoms with Crippen molar-refractivity contribution < 1.29 is 63.1 Å². The summed E-state index contributed by atoms with van der Waals surface area (Å²) < 4.78 is 33.7. The van der Waals surface area contributed by atoms with E-state index in [1.54, 1.807) is 0 Å². The molecule has 0 heterocycles. The Morgan fingerprint density at radius 3 is 1.17 bits per heavy atom. The fraction of sp³-hybridized carbons (Fsp3) is 0.923. The van der Waals surface area contributed by atoms with Gasteiger partial charge in [0.2, 0.25) is 0 Å². The Morgan fingerprint density at radius 1 is 0.485 bits per heavy atom. The van der Waals surface area contributed by atoms with E-state index >= 15 is 0 Å². The summed E-state index contributed by atoms with van der Waals surface area (Å²) in [5.41, 5.74) is 0. The lowest BCUT2D eigenvalue weighted by molar-refractivity contribution is -0.220. The maximum Gasteiger partial charge on any atom is 0.472 e. The van der Waals surface area contributed by atoms with Gasteiger partial charge in [0.25, 0.3) is 0 Å². The summed E-state index contributed by atoms with van der Waals surface area (Å²) in [6.07, 6.45) is 33.0. The highest BCUT2D eigenvalue weighted by molar-refractivity contribution is 7.47. The van der Waals surface area contributed by atoms with Crippen LogP contribution in [0, 0.1) is 0 Å². The Labute approximate surface area is 401 Å². The van der Waals surface area contributed by atoms with Crippen LogP contribution in [-0.4, -0.2) is 98.3 Å². The molecule has 0 aromatic heterocycles. The lowest BCUT2D eigenvalue weighted by Gasteiger charge is -2.41. The molecule has 6 N–H and O–H groups in total. The van der Waals surface area contributed by atoms with Crippen LogP contribution in [0.25, 0.3) is 0 Å². The number of hydrogen-bond donors (Lipinski definition) is 6. The fourth-order valence-electron chi connectivity index (χ4n) is 8.68. The molecule has 1 aliphatic carbocycles. The first-order valence-electron chi connectivity index (χ1n) is 27.0. The van der Waals surface area contributed by atoms with Crippen molar-refractivity contribution in [2.75, 3.05) is 13.2 Å². The summed E-state index contributed by atoms with van der Waals surface area (Å²) in [5.74, 6) is -1.09. The average molecular weight is 963 g/mol. The van der Waals surface area contributed by atoms with E-state index < -0.39 is 75.7 Å². The SMILES string of the molecule is C=CCCCCCCCCCCCCCCCC(=O)O[C@@H](COC(=O)CCCCCCCCCCCCCCCCCCCCCCCC)COP(=O)(O)OC1C(O)C(O)C(O)[C@H](O)C1O. The lowest BCUT2D eigenvalue weighted by atomic mass is 9.85. The standard InChI is InChI=1S/C52H99O13P/c1-3-5-7-9-11-13-15-17-19-20-21-22-23-24-25-27-28-30-32-34-36-38-40-45(53)62-42-44(43-63-66(60,61)65-52-50(58)48(56)47(55)49(57)51(52)59)64-46(54)41-39-37-35-33-31-29-26-18-16-14-12-10-8-6-4-2/h4,44,47-52,55-59H,2-3,5-43H2,1H3,(H,60,61)/t44-,47?,48-,49?,50?,51?,52?/m0/s1. The van der Waals surface area contributed by atoms with E-state index in [0.29, 0.717) is 12.8 Å². The van der Waals surface area contributed by atoms with Crippen LogP contribution in [-0.2, 0) is 32.7 Å². The minimum absolute atomic E-state index is 0.0998. The van der Waals surface area contributed by atoms with Gasteiger partial charge in [-0.1, -0.05) is 218 Å². The van der Waals surface area contributed by atoms with Gasteiger partial charge in [0.15, 0.2) is 6.10 Å². The second kappa shape index (κ2) is 42.5. The number of allylic oxidation sites excluding steroid dienone is 1. The quantitative estimate of drug-likeness (QED) is 0.0145. The van der Waals surface area contributed by atoms with E-state index in [2.05, 4.69) is 13.5 Å². The molecular formula is C52H99O13P. The van der Waals surface area contributed by atoms with Crippen LogP contribution in [0.4, 0.5) is 0 Å². The third-order valence-corrected chi connectivity index (χ3v) is 14.0. The molecule has 0 bridgehead atoms. The molecule has 1 rings (SSSR count). The van der Waals surface area contributed by atoms with E-state index in [1.165, 1.54) is 167 Å². The molecule has 8 atom stereocenters. The fourth-order valence-corrected chi connectivity index (χ4v) is 9.66. The zero-order chi connectivity index (χ0) is 48.5. The van der Waals surface area contributed by atoms with E-state index in [0.717, 1.165) is 51.4 Å². The molecule has 0 amide bonds. The number of phosphoric ester groups is 1. The molecule has 14 heteroatoms. The second-order valence-corrected chi connectivity index (χ2v) is 20.6. The summed E-state index contributed by atoms with van der Waals surface area (Å²) in [6, 6.07) is 0. The van der Waals surface area contributed by atoms with Gasteiger partial charge in [-0.25, -0.2) is 4.57 Å². The van der Waals surface area contributed by atoms with Crippen LogP contribution in [0.5, 0.6) is 0 Å². The van der Waals surface area contributed by atoms with Gasteiger partial charge >= 0.3 is 19.8 Å². The topological polar surface area (TPSA) is 210 Å². The van der Waals surface area contributed by atoms with Crippen LogP contribution in [0.2, 0.25) is 0 Å². The number of carbonyl (C=O) groups is 2. The van der Waals surface area contributed by atoms with E-state index in [-0.39, 0.29) is 12.8 Å². The number of rotatable bonds is 47. The Morgan fingerprint density at radius 2 is 0.803 bits per heavy atom. The van der Waals surface area contributed by atoms with E-state index in [9.17, 15) is 44.6 Å². The number of phosphoric acid groups is 1. The molecule has 6 unspecified atom stereocenters. The number of ether oxygens (including phenoxy) is 2. The lowest BCUT2D eigenvalue weighted by Crippen LogP contribution is -2.64. The highest BCUT2D eigenvalue weighted by atomic mass is 31.2. The molecule has 1 fully saturated rings. The number of esters is 2. The largest absolute Gasteiger partial charge is 0.472 e. The van der Waals surface area contributed by atoms with Crippen molar-refractivity contribution in [2.45, 2.75) is 294 Å². The van der Waals surface area contributed by atoms with Gasteiger partial charge < -0.3 is 39.9 Å². The Kier molecular flexibility index (Phi) is 40.3. The van der Waals surface area contributed by atoms with E-state index in [4.69, 9.17) is 18.5 Å². The molecule has 13 nitrogen and oxygen atoms in total. The average Bonchev–Trinajstić information content (AvgIpc) is 3.30. The van der Waals surface area contributed by atoms with Crippen LogP contribution >= 0.6 is 7.82 Å². The van der Waals surface area contributed by atoms with E-state index in [1.807, 2.05) is 6.08 Å². The highest BCUT2D eigenvalue weighted by Gasteiger charge is 2.51. The molecular weight excluding hydrogens is 864 g/mol. The minimum Gasteiger partial charge on any atom is -0.462 e. The molecule has 0 spiro atoms. The maximum absolute atomic E-state index is 12.9. The third-order valence-electron chi connectivity index (χ3n) is 13.0. The van der Waals surface area contributed by atoms with Gasteiger partial charge in [0.05, 0.1) is 6.61 Å². The Balaban J connectivity index is 2.32. The zero-order valence-corrected chi connectivity index (χ0v) is 42.5. The first-order chi connectivity index (χ1) is 31.9. The van der Waals surface area contributed by atoms with Crippen molar-refractivity contribution in [3.63, 3.8) is 0 Å². The maximum atomic E-state index is 12.9. The Bertz CT molecular complexity index is 1190. The summed E-state index contributed by atoms with van der Waals surface area (Å²) in [7, 11) is -5.12. The molecule has 1 saturated carbocycles. The minimum atomic E-state index is -5.12. The molecule has 0 radical (unpaired) electrons. The number of aliphatic hydroxyl groups is 5. The number of hydrogen-bond acceptors (Lipinski definition) is 12. The monoisotopic (exact) mass is 963 g/mol. The number of aliphatic hydroxyl groups excluding tert-OH is 5. The molecule has 1 aliphatic rings. The zero-order valence-electron chi connectivity index (χ0n) is 41.6. The van der Waals surface area contributed by atoms with Crippen molar-refractivity contribution in [2.24, 2.45) is 0 Å². The first kappa shape index (κ1) is 62.6. The molecule has 0 aromatic carbocycles. The first-order valence-corrected chi connectivity index (χ1v) is 28.4. The molecule has 390 valence electrons. The van der Waals surface area contributed by atoms with Gasteiger partial charge in [-0.15, -0.1) is 6.58 Å². The van der Waals surface area contributed by atoms with Gasteiger partial charge in [-0.3, -0.25) is 18.6 Å². The predicted octanol–water partition coefficient (Wildman–Crippen LogP) is 11.8. The van der Waals surface area contributed by atoms with Crippen molar-refractivity contribution >= 4 is 19.8 Å². The highest BCUT2D eigenvalue weighted by Crippen LogP contribution is 2.47. The molecule has 66 heavy (non-hydrogen) atoms. The van der Waals surface area contributed by atoms with Crippen LogP contribution in [0.15, 0.2) is 12.7 Å². The van der Waals surface area contributed by atoms with Gasteiger partial charge in [0.1, 0.15) is 43.2 Å². The van der Waals surface area contributed by atoms with Crippen molar-refractivity contribution in [1.29, 1.82) is 0 Å². The van der Waals surface area contributed by atoms with Gasteiger partial charge in [-0.05, 0) is 25.7 Å². The molecule has 0 aromatic rings. The van der Waals surface area contributed by atoms with Crippen molar-refractivity contribution in [3.05, 3.63) is 12.7 Å². The van der Waals surface area contributed by atoms with Crippen LogP contribution < -0.4 is 0 Å². The predicted molar refractivity (Wildman–Crippen MR) is 263 cm³/mol. The molecule has 0 aliphatic heterocycles. The van der Waals surface area contributed by atoms with Gasteiger partial charge in [0, 0.05) is 12.8 Å². The summed E-state index contributed by atoms with van der Waals surface area (Å²) in [6.45, 7) is 4.88. The molecule has 0 saturated heterocycles. The number of carbonyl (C=O) groups excluding carboxylic acids is 2. The van der Waals surface area contributed by atoms with Crippen molar-refractivity contribution in [3.8, 4) is 0 Å². The third kappa shape index (κ3) is 34.0. The summed E-state index contributed by atoms with van der Waals surface area (Å²) >= 11 is 0. The Hall–Kier alpha value is -1.41. The van der Waals surface area contributed by atoms with Crippen LogP contribution in [0.1, 0.15) is 251 Å². The summed E-state index contributed by atoms with van der Waals surface area (Å²) in [4.78, 5) is 35.9. The van der Waals surface area contributed by atoms with Crippen LogP contribution in [0.3, 0.4) is 0 Å². The summed E-state index contributed by atoms with van der Waals surface area (Å²) in [5, 5.41) is 50.3. The van der Waals surface area contributed by atoms with Crippen molar-refractivity contribution in [1.82, 2.24) is 0 Å².